The van der Waals surface area contributed by atoms with Gasteiger partial charge in [-0.25, -0.2) is 0 Å². The minimum atomic E-state index is -1.34. The van der Waals surface area contributed by atoms with Crippen LogP contribution in [-0.2, 0) is 9.59 Å². The molecule has 6 nitrogen and oxygen atoms in total. The van der Waals surface area contributed by atoms with Gasteiger partial charge in [-0.3, -0.25) is 19.3 Å². The van der Waals surface area contributed by atoms with E-state index in [-0.39, 0.29) is 30.6 Å². The number of para-hydroxylation sites is 1. The summed E-state index contributed by atoms with van der Waals surface area (Å²) in [5, 5.41) is 2.89. The summed E-state index contributed by atoms with van der Waals surface area (Å²) < 4.78 is 0. The van der Waals surface area contributed by atoms with Crippen LogP contribution in [0.1, 0.15) is 28.8 Å². The number of likely N-dealkylation sites (N-methyl/N-ethyl adjacent to an activating group) is 1. The predicted molar refractivity (Wildman–Crippen MR) is 97.8 cm³/mol. The number of fused-ring (bicyclic) bond motifs is 3. The van der Waals surface area contributed by atoms with E-state index in [0.29, 0.717) is 16.9 Å². The Labute approximate surface area is 151 Å². The van der Waals surface area contributed by atoms with E-state index in [0.717, 1.165) is 5.56 Å². The topological polar surface area (TPSA) is 69.7 Å². The molecule has 0 radical (unpaired) electrons. The van der Waals surface area contributed by atoms with E-state index in [1.807, 2.05) is 25.1 Å². The van der Waals surface area contributed by atoms with Crippen LogP contribution in [-0.4, -0.2) is 35.3 Å². The maximum atomic E-state index is 13.3. The van der Waals surface area contributed by atoms with Crippen molar-refractivity contribution in [1.29, 1.82) is 0 Å². The average molecular weight is 349 g/mol. The number of hydrogen-bond donors (Lipinski definition) is 1. The number of rotatable bonds is 2. The normalized spacial score (nSPS) is 21.5. The molecule has 0 bridgehead atoms. The molecule has 1 fully saturated rings. The molecule has 132 valence electrons. The maximum Gasteiger partial charge on any atom is 0.271 e. The van der Waals surface area contributed by atoms with Gasteiger partial charge < -0.3 is 10.2 Å². The van der Waals surface area contributed by atoms with Crippen molar-refractivity contribution in [3.8, 4) is 0 Å². The summed E-state index contributed by atoms with van der Waals surface area (Å²) in [7, 11) is 1.58. The predicted octanol–water partition coefficient (Wildman–Crippen LogP) is 2.54. The molecule has 2 aromatic carbocycles. The van der Waals surface area contributed by atoms with Crippen LogP contribution in [0.2, 0.25) is 0 Å². The van der Waals surface area contributed by atoms with Crippen molar-refractivity contribution in [2.75, 3.05) is 17.3 Å². The first-order valence-electron chi connectivity index (χ1n) is 8.53. The fraction of sp³-hybridized carbons (Fsp3) is 0.250. The molecule has 1 saturated heterocycles. The zero-order valence-corrected chi connectivity index (χ0v) is 14.7. The third-order valence-corrected chi connectivity index (χ3v) is 5.18. The number of anilines is 2. The van der Waals surface area contributed by atoms with Crippen molar-refractivity contribution in [3.05, 3.63) is 59.7 Å². The number of hydrogen-bond acceptors (Lipinski definition) is 3. The summed E-state index contributed by atoms with van der Waals surface area (Å²) in [6, 6.07) is 14.4. The van der Waals surface area contributed by atoms with Crippen molar-refractivity contribution in [2.45, 2.75) is 25.4 Å². The van der Waals surface area contributed by atoms with E-state index >= 15 is 0 Å². The molecule has 0 aromatic heterocycles. The first-order chi connectivity index (χ1) is 12.4. The molecule has 1 atom stereocenters. The van der Waals surface area contributed by atoms with Crippen LogP contribution in [0.3, 0.4) is 0 Å². The standard InChI is InChI=1S/C20H19N3O3/c1-13-6-5-7-14(12-13)21-19(26)20-11-10-17(24)23(20)16-9-4-3-8-15(16)18(25)22(20)2/h3-9,12H,10-11H2,1-2H3,(H,21,26)/t20-/m0/s1. The van der Waals surface area contributed by atoms with Crippen molar-refractivity contribution >= 4 is 29.1 Å². The summed E-state index contributed by atoms with van der Waals surface area (Å²) in [6.07, 6.45) is 0.479. The minimum absolute atomic E-state index is 0.156. The second kappa shape index (κ2) is 5.69. The third kappa shape index (κ3) is 2.15. The van der Waals surface area contributed by atoms with Gasteiger partial charge in [0, 0.05) is 25.6 Å². The summed E-state index contributed by atoms with van der Waals surface area (Å²) in [6.45, 7) is 1.94. The number of nitrogens with one attached hydrogen (secondary N) is 1. The molecular formula is C20H19N3O3. The highest BCUT2D eigenvalue weighted by Crippen LogP contribution is 2.44. The Morgan fingerprint density at radius 1 is 1.12 bits per heavy atom. The highest BCUT2D eigenvalue weighted by molar-refractivity contribution is 6.18. The number of carbonyl (C=O) groups excluding carboxylic acids is 3. The summed E-state index contributed by atoms with van der Waals surface area (Å²) in [4.78, 5) is 41.7. The summed E-state index contributed by atoms with van der Waals surface area (Å²) in [5.74, 6) is -0.790. The van der Waals surface area contributed by atoms with E-state index in [1.165, 1.54) is 9.80 Å². The van der Waals surface area contributed by atoms with E-state index in [1.54, 1.807) is 37.4 Å². The largest absolute Gasteiger partial charge is 0.322 e. The van der Waals surface area contributed by atoms with Crippen LogP contribution in [0.4, 0.5) is 11.4 Å². The van der Waals surface area contributed by atoms with Gasteiger partial charge in [-0.15, -0.1) is 0 Å². The van der Waals surface area contributed by atoms with Crippen LogP contribution in [0.5, 0.6) is 0 Å². The maximum absolute atomic E-state index is 13.3. The van der Waals surface area contributed by atoms with Gasteiger partial charge in [-0.05, 0) is 36.8 Å². The fourth-order valence-electron chi connectivity index (χ4n) is 3.88. The van der Waals surface area contributed by atoms with Crippen molar-refractivity contribution in [2.24, 2.45) is 0 Å². The fourth-order valence-corrected chi connectivity index (χ4v) is 3.88. The quantitative estimate of drug-likeness (QED) is 0.906. The lowest BCUT2D eigenvalue weighted by Gasteiger charge is -2.47. The van der Waals surface area contributed by atoms with Gasteiger partial charge in [0.15, 0.2) is 0 Å². The zero-order chi connectivity index (χ0) is 18.5. The van der Waals surface area contributed by atoms with Crippen molar-refractivity contribution in [3.63, 3.8) is 0 Å². The molecule has 2 aromatic rings. The van der Waals surface area contributed by atoms with Crippen LogP contribution < -0.4 is 10.2 Å². The highest BCUT2D eigenvalue weighted by Gasteiger charge is 2.59. The SMILES string of the molecule is Cc1cccc(NC(=O)[C@]23CCC(=O)N2c2ccccc2C(=O)N3C)c1. The second-order valence-electron chi connectivity index (χ2n) is 6.75. The van der Waals surface area contributed by atoms with E-state index in [9.17, 15) is 14.4 Å². The highest BCUT2D eigenvalue weighted by atomic mass is 16.2. The van der Waals surface area contributed by atoms with Gasteiger partial charge in [-0.1, -0.05) is 24.3 Å². The zero-order valence-electron chi connectivity index (χ0n) is 14.7. The Morgan fingerprint density at radius 3 is 2.65 bits per heavy atom. The molecule has 0 saturated carbocycles. The Hall–Kier alpha value is -3.15. The Morgan fingerprint density at radius 2 is 1.88 bits per heavy atom. The first-order valence-corrected chi connectivity index (χ1v) is 8.53. The summed E-state index contributed by atoms with van der Waals surface area (Å²) >= 11 is 0. The van der Waals surface area contributed by atoms with Crippen molar-refractivity contribution < 1.29 is 14.4 Å². The van der Waals surface area contributed by atoms with Gasteiger partial charge in [0.2, 0.25) is 11.6 Å². The number of aryl methyl sites for hydroxylation is 1. The number of nitrogens with zero attached hydrogens (tertiary/aromatic N) is 2. The first kappa shape index (κ1) is 16.3. The lowest BCUT2D eigenvalue weighted by atomic mass is 9.96. The number of amides is 3. The van der Waals surface area contributed by atoms with Crippen LogP contribution in [0.15, 0.2) is 48.5 Å². The molecule has 2 aliphatic rings. The molecule has 0 aliphatic carbocycles. The van der Waals surface area contributed by atoms with E-state index in [4.69, 9.17) is 0 Å². The molecule has 2 heterocycles. The molecular weight excluding hydrogens is 330 g/mol. The molecule has 3 amide bonds. The third-order valence-electron chi connectivity index (χ3n) is 5.18. The van der Waals surface area contributed by atoms with Gasteiger partial charge in [0.1, 0.15) is 0 Å². The lowest BCUT2D eigenvalue weighted by molar-refractivity contribution is -0.128. The van der Waals surface area contributed by atoms with Gasteiger partial charge in [-0.2, -0.15) is 0 Å². The monoisotopic (exact) mass is 349 g/mol. The van der Waals surface area contributed by atoms with Crippen LogP contribution >= 0.6 is 0 Å². The Bertz CT molecular complexity index is 939. The molecule has 4 rings (SSSR count). The average Bonchev–Trinajstić information content (AvgIpc) is 2.98. The lowest BCUT2D eigenvalue weighted by Crippen LogP contribution is -2.68. The van der Waals surface area contributed by atoms with Gasteiger partial charge in [0.25, 0.3) is 11.8 Å². The number of benzene rings is 2. The Kier molecular flexibility index (Phi) is 3.57. The number of carbonyl (C=O) groups is 3. The minimum Gasteiger partial charge on any atom is -0.322 e. The van der Waals surface area contributed by atoms with Crippen LogP contribution in [0.25, 0.3) is 0 Å². The smallest absolute Gasteiger partial charge is 0.271 e. The summed E-state index contributed by atoms with van der Waals surface area (Å²) in [5.41, 5.74) is 1.25. The van der Waals surface area contributed by atoms with E-state index in [2.05, 4.69) is 5.32 Å². The molecule has 6 heteroatoms. The molecule has 26 heavy (non-hydrogen) atoms. The van der Waals surface area contributed by atoms with Crippen LogP contribution in [0, 0.1) is 6.92 Å². The molecule has 1 N–H and O–H groups in total. The molecule has 0 spiro atoms. The molecule has 0 unspecified atom stereocenters. The second-order valence-corrected chi connectivity index (χ2v) is 6.75. The van der Waals surface area contributed by atoms with E-state index < -0.39 is 5.66 Å². The van der Waals surface area contributed by atoms with Gasteiger partial charge >= 0.3 is 0 Å². The Balaban J connectivity index is 1.81. The van der Waals surface area contributed by atoms with Gasteiger partial charge in [0.05, 0.1) is 11.3 Å². The van der Waals surface area contributed by atoms with Crippen molar-refractivity contribution in [1.82, 2.24) is 4.90 Å². The molecule has 2 aliphatic heterocycles.